The van der Waals surface area contributed by atoms with Crippen molar-refractivity contribution in [3.8, 4) is 11.5 Å². The summed E-state index contributed by atoms with van der Waals surface area (Å²) in [6.07, 6.45) is 1.14. The van der Waals surface area contributed by atoms with Gasteiger partial charge >= 0.3 is 5.97 Å². The van der Waals surface area contributed by atoms with Crippen LogP contribution in [0.25, 0.3) is 5.57 Å². The van der Waals surface area contributed by atoms with E-state index in [0.717, 1.165) is 11.6 Å². The number of carbonyl (C=O) groups excluding carboxylic acids is 2. The number of methoxy groups -OCH3 is 2. The molecule has 0 saturated carbocycles. The molecule has 8 heteroatoms. The van der Waals surface area contributed by atoms with Crippen molar-refractivity contribution in [2.45, 2.75) is 6.54 Å². The fourth-order valence-corrected chi connectivity index (χ4v) is 2.93. The number of amides is 2. The van der Waals surface area contributed by atoms with Crippen LogP contribution >= 0.6 is 0 Å². The van der Waals surface area contributed by atoms with Crippen molar-refractivity contribution < 1.29 is 29.0 Å². The van der Waals surface area contributed by atoms with Crippen molar-refractivity contribution in [1.82, 2.24) is 5.32 Å². The number of carboxylic acids is 1. The number of benzene rings is 2. The van der Waals surface area contributed by atoms with Gasteiger partial charge in [0.15, 0.2) is 11.5 Å². The number of ether oxygens (including phenoxy) is 2. The van der Waals surface area contributed by atoms with Gasteiger partial charge in [-0.1, -0.05) is 12.1 Å². The average molecular weight is 382 g/mol. The number of rotatable bonds is 5. The maximum Gasteiger partial charge on any atom is 0.337 e. The highest BCUT2D eigenvalue weighted by atomic mass is 16.5. The number of fused-ring (bicyclic) bond motifs is 1. The maximum absolute atomic E-state index is 12.5. The SMILES string of the molecule is COc1cc2c(cc1OC)C(=CC(=O)Nc1ccccc1C(=O)O)C(=O)NC2. The highest BCUT2D eigenvalue weighted by Gasteiger charge is 2.25. The van der Waals surface area contributed by atoms with Crippen LogP contribution in [-0.4, -0.2) is 37.1 Å². The third kappa shape index (κ3) is 3.66. The molecule has 0 fully saturated rings. The van der Waals surface area contributed by atoms with Gasteiger partial charge in [0.25, 0.3) is 5.91 Å². The molecule has 0 spiro atoms. The van der Waals surface area contributed by atoms with Crippen molar-refractivity contribution in [3.05, 3.63) is 59.2 Å². The van der Waals surface area contributed by atoms with Gasteiger partial charge in [0.2, 0.25) is 5.91 Å². The molecule has 0 saturated heterocycles. The molecule has 144 valence electrons. The molecule has 1 aliphatic rings. The second-order valence-electron chi connectivity index (χ2n) is 5.95. The minimum Gasteiger partial charge on any atom is -0.493 e. The van der Waals surface area contributed by atoms with Crippen LogP contribution in [0, 0.1) is 0 Å². The Morgan fingerprint density at radius 3 is 2.50 bits per heavy atom. The van der Waals surface area contributed by atoms with Crippen molar-refractivity contribution in [1.29, 1.82) is 0 Å². The van der Waals surface area contributed by atoms with Crippen molar-refractivity contribution in [2.24, 2.45) is 0 Å². The van der Waals surface area contributed by atoms with Gasteiger partial charge in [-0.05, 0) is 35.4 Å². The van der Waals surface area contributed by atoms with Crippen LogP contribution in [0.1, 0.15) is 21.5 Å². The Hall–Kier alpha value is -3.81. The first-order chi connectivity index (χ1) is 13.4. The van der Waals surface area contributed by atoms with Crippen molar-refractivity contribution >= 4 is 29.0 Å². The lowest BCUT2D eigenvalue weighted by atomic mass is 9.94. The third-order valence-corrected chi connectivity index (χ3v) is 4.27. The van der Waals surface area contributed by atoms with Gasteiger partial charge in [0, 0.05) is 12.6 Å². The van der Waals surface area contributed by atoms with Crippen LogP contribution in [0.2, 0.25) is 0 Å². The monoisotopic (exact) mass is 382 g/mol. The van der Waals surface area contributed by atoms with Gasteiger partial charge in [-0.2, -0.15) is 0 Å². The first-order valence-electron chi connectivity index (χ1n) is 8.33. The molecule has 1 aliphatic heterocycles. The summed E-state index contributed by atoms with van der Waals surface area (Å²) in [6, 6.07) is 9.39. The van der Waals surface area contributed by atoms with Crippen LogP contribution in [0.5, 0.6) is 11.5 Å². The summed E-state index contributed by atoms with van der Waals surface area (Å²) in [5, 5.41) is 14.4. The number of para-hydroxylation sites is 1. The summed E-state index contributed by atoms with van der Waals surface area (Å²) in [5.41, 5.74) is 1.55. The van der Waals surface area contributed by atoms with Gasteiger partial charge in [-0.3, -0.25) is 9.59 Å². The molecule has 2 aromatic rings. The smallest absolute Gasteiger partial charge is 0.337 e. The molecule has 2 aromatic carbocycles. The Bertz CT molecular complexity index is 996. The summed E-state index contributed by atoms with van der Waals surface area (Å²) in [6.45, 7) is 0.287. The van der Waals surface area contributed by atoms with E-state index >= 15 is 0 Å². The summed E-state index contributed by atoms with van der Waals surface area (Å²) in [4.78, 5) is 36.1. The lowest BCUT2D eigenvalue weighted by Gasteiger charge is -2.21. The molecule has 0 unspecified atom stereocenters. The minimum atomic E-state index is -1.17. The molecule has 0 radical (unpaired) electrons. The Balaban J connectivity index is 1.97. The second-order valence-corrected chi connectivity index (χ2v) is 5.95. The van der Waals surface area contributed by atoms with Gasteiger partial charge in [0.05, 0.1) is 31.0 Å². The Labute approximate surface area is 160 Å². The predicted octanol–water partition coefficient (Wildman–Crippen LogP) is 2.05. The molecule has 0 bridgehead atoms. The highest BCUT2D eigenvalue weighted by Crippen LogP contribution is 2.35. The third-order valence-electron chi connectivity index (χ3n) is 4.27. The summed E-state index contributed by atoms with van der Waals surface area (Å²) >= 11 is 0. The lowest BCUT2D eigenvalue weighted by molar-refractivity contribution is -0.116. The van der Waals surface area contributed by atoms with Crippen LogP contribution < -0.4 is 20.1 Å². The standard InChI is InChI=1S/C20H18N2O6/c1-27-16-7-11-10-21-19(24)14(13(11)8-17(16)28-2)9-18(23)22-15-6-4-3-5-12(15)20(25)26/h3-9H,10H2,1-2H3,(H,21,24)(H,22,23)(H,25,26). The molecule has 2 amide bonds. The van der Waals surface area contributed by atoms with Crippen LogP contribution in [0.4, 0.5) is 5.69 Å². The van der Waals surface area contributed by atoms with Crippen LogP contribution in [0.3, 0.4) is 0 Å². The molecular formula is C20H18N2O6. The van der Waals surface area contributed by atoms with Gasteiger partial charge < -0.3 is 25.2 Å². The van der Waals surface area contributed by atoms with E-state index < -0.39 is 17.8 Å². The maximum atomic E-state index is 12.5. The minimum absolute atomic E-state index is 0.0471. The van der Waals surface area contributed by atoms with Gasteiger partial charge in [0.1, 0.15) is 0 Å². The van der Waals surface area contributed by atoms with Crippen LogP contribution in [-0.2, 0) is 16.1 Å². The van der Waals surface area contributed by atoms with Crippen molar-refractivity contribution in [2.75, 3.05) is 19.5 Å². The van der Waals surface area contributed by atoms with E-state index in [9.17, 15) is 19.5 Å². The van der Waals surface area contributed by atoms with Gasteiger partial charge in [-0.15, -0.1) is 0 Å². The topological polar surface area (TPSA) is 114 Å². The number of carboxylic acid groups (broad SMARTS) is 1. The predicted molar refractivity (Wildman–Crippen MR) is 101 cm³/mol. The number of anilines is 1. The number of carbonyl (C=O) groups is 3. The molecule has 3 rings (SSSR count). The molecular weight excluding hydrogens is 364 g/mol. The second kappa shape index (κ2) is 7.83. The van der Waals surface area contributed by atoms with E-state index in [1.54, 1.807) is 24.3 Å². The lowest BCUT2D eigenvalue weighted by Crippen LogP contribution is -2.30. The van der Waals surface area contributed by atoms with E-state index in [-0.39, 0.29) is 23.4 Å². The van der Waals surface area contributed by atoms with E-state index in [0.29, 0.717) is 17.1 Å². The summed E-state index contributed by atoms with van der Waals surface area (Å²) in [5.74, 6) is -1.26. The normalized spacial score (nSPS) is 14.1. The molecule has 0 atom stereocenters. The van der Waals surface area contributed by atoms with E-state index in [4.69, 9.17) is 9.47 Å². The zero-order chi connectivity index (χ0) is 20.3. The Morgan fingerprint density at radius 2 is 1.82 bits per heavy atom. The number of aromatic carboxylic acids is 1. The largest absolute Gasteiger partial charge is 0.493 e. The quantitative estimate of drug-likeness (QED) is 0.682. The van der Waals surface area contributed by atoms with Crippen molar-refractivity contribution in [3.63, 3.8) is 0 Å². The summed E-state index contributed by atoms with van der Waals surface area (Å²) < 4.78 is 10.5. The zero-order valence-electron chi connectivity index (χ0n) is 15.2. The Kier molecular flexibility index (Phi) is 5.30. The number of hydrogen-bond donors (Lipinski definition) is 3. The molecule has 8 nitrogen and oxygen atoms in total. The number of nitrogens with one attached hydrogen (secondary N) is 2. The first kappa shape index (κ1) is 19.0. The molecule has 0 aliphatic carbocycles. The average Bonchev–Trinajstić information content (AvgIpc) is 2.69. The fraction of sp³-hybridized carbons (Fsp3) is 0.150. The molecule has 1 heterocycles. The first-order valence-corrected chi connectivity index (χ1v) is 8.33. The molecule has 28 heavy (non-hydrogen) atoms. The van der Waals surface area contributed by atoms with Crippen LogP contribution in [0.15, 0.2) is 42.5 Å². The highest BCUT2D eigenvalue weighted by molar-refractivity contribution is 6.26. The van der Waals surface area contributed by atoms with E-state index in [1.165, 1.54) is 26.4 Å². The molecule has 3 N–H and O–H groups in total. The summed E-state index contributed by atoms with van der Waals surface area (Å²) in [7, 11) is 2.99. The zero-order valence-corrected chi connectivity index (χ0v) is 15.2. The molecule has 0 aromatic heterocycles. The van der Waals surface area contributed by atoms with Gasteiger partial charge in [-0.25, -0.2) is 4.79 Å². The van der Waals surface area contributed by atoms with E-state index in [2.05, 4.69) is 10.6 Å². The van der Waals surface area contributed by atoms with E-state index in [1.807, 2.05) is 0 Å². The fourth-order valence-electron chi connectivity index (χ4n) is 2.93. The number of hydrogen-bond acceptors (Lipinski definition) is 5. The Morgan fingerprint density at radius 1 is 1.14 bits per heavy atom.